The lowest BCUT2D eigenvalue weighted by Gasteiger charge is -2.74. The highest BCUT2D eigenvalue weighted by molar-refractivity contribution is 5.80. The second kappa shape index (κ2) is 3.66. The maximum absolute atomic E-state index is 12.5. The lowest BCUT2D eigenvalue weighted by atomic mass is 9.55. The van der Waals surface area contributed by atoms with Gasteiger partial charge in [0.25, 0.3) is 0 Å². The van der Waals surface area contributed by atoms with Gasteiger partial charge in [0.2, 0.25) is 0 Å². The molecule has 10 nitrogen and oxygen atoms in total. The molecule has 118 valence electrons. The number of guanidine groups is 1. The zero-order valence-corrected chi connectivity index (χ0v) is 10.8. The number of hydrogen-bond acceptors (Lipinski definition) is 10. The highest BCUT2D eigenvalue weighted by Crippen LogP contribution is 2.56. The summed E-state index contributed by atoms with van der Waals surface area (Å²) in [5.74, 6) is -3.41. The van der Waals surface area contributed by atoms with Crippen molar-refractivity contribution in [2.45, 2.75) is 41.5 Å². The third kappa shape index (κ3) is 1.26. The van der Waals surface area contributed by atoms with Gasteiger partial charge in [0, 0.05) is 5.92 Å². The van der Waals surface area contributed by atoms with Gasteiger partial charge in [-0.3, -0.25) is 4.99 Å². The van der Waals surface area contributed by atoms with E-state index in [0.717, 1.165) is 0 Å². The van der Waals surface area contributed by atoms with Crippen LogP contribution in [0.4, 0.5) is 0 Å². The summed E-state index contributed by atoms with van der Waals surface area (Å²) >= 11 is 0. The largest absolute Gasteiger partial charge is 0.805 e. The molecule has 8 atom stereocenters. The number of ether oxygens (including phenoxy) is 2. The van der Waals surface area contributed by atoms with Gasteiger partial charge in [-0.2, -0.15) is 0 Å². The van der Waals surface area contributed by atoms with E-state index in [1.54, 1.807) is 0 Å². The lowest BCUT2D eigenvalue weighted by molar-refractivity contribution is -0.707. The fraction of sp³-hybridized carbons (Fsp3) is 0.909. The summed E-state index contributed by atoms with van der Waals surface area (Å²) in [6.07, 6.45) is -5.77. The Balaban J connectivity index is 1.92. The van der Waals surface area contributed by atoms with Crippen molar-refractivity contribution in [2.75, 3.05) is 13.2 Å². The van der Waals surface area contributed by atoms with Crippen LogP contribution in [0, 0.1) is 5.92 Å². The molecule has 10 heteroatoms. The highest BCUT2D eigenvalue weighted by atomic mass is 16.9. The molecule has 6 unspecified atom stereocenters. The average molecular weight is 302 g/mol. The number of rotatable bonds is 1. The molecule has 4 aliphatic heterocycles. The summed E-state index contributed by atoms with van der Waals surface area (Å²) < 4.78 is 10.2. The van der Waals surface area contributed by atoms with Gasteiger partial charge in [0.15, 0.2) is 5.96 Å². The Labute approximate surface area is 118 Å². The summed E-state index contributed by atoms with van der Waals surface area (Å²) in [5, 5.41) is 56.2. The molecule has 21 heavy (non-hydrogen) atoms. The molecule has 4 fully saturated rings. The quantitative estimate of drug-likeness (QED) is 0.276. The van der Waals surface area contributed by atoms with Gasteiger partial charge in [0.05, 0.1) is 13.2 Å². The molecule has 0 aromatic carbocycles. The van der Waals surface area contributed by atoms with Crippen molar-refractivity contribution in [3.05, 3.63) is 0 Å². The van der Waals surface area contributed by atoms with Crippen molar-refractivity contribution in [3.8, 4) is 0 Å². The number of nitrogens with one attached hydrogen (secondary N) is 1. The van der Waals surface area contributed by atoms with Crippen LogP contribution in [-0.4, -0.2) is 81.1 Å². The smallest absolute Gasteiger partial charge is 0.189 e. The van der Waals surface area contributed by atoms with Crippen LogP contribution in [0.25, 0.3) is 0 Å². The van der Waals surface area contributed by atoms with Crippen LogP contribution in [-0.2, 0) is 9.47 Å². The van der Waals surface area contributed by atoms with Gasteiger partial charge in [-0.1, -0.05) is 0 Å². The van der Waals surface area contributed by atoms with Crippen molar-refractivity contribution < 1.29 is 35.0 Å². The molecule has 0 radical (unpaired) electrons. The molecule has 1 spiro atoms. The van der Waals surface area contributed by atoms with Gasteiger partial charge in [-0.15, -0.1) is 0 Å². The third-order valence-corrected chi connectivity index (χ3v) is 5.17. The van der Waals surface area contributed by atoms with Gasteiger partial charge in [0.1, 0.15) is 41.5 Å². The number of hydrogen-bond donors (Lipinski definition) is 6. The molecule has 0 aromatic heterocycles. The van der Waals surface area contributed by atoms with Crippen molar-refractivity contribution in [3.63, 3.8) is 0 Å². The van der Waals surface area contributed by atoms with Crippen LogP contribution in [0.15, 0.2) is 4.99 Å². The van der Waals surface area contributed by atoms with Crippen molar-refractivity contribution in [2.24, 2.45) is 16.6 Å². The highest BCUT2D eigenvalue weighted by Gasteiger charge is 2.78. The standard InChI is InChI=1S/C11H16N3O7/c12-8-13-1-3-5-9(18,2-15)6-4(16)10(3,14-8)7(17)11(19,20-5)21-6/h3-7,15-18H,1-2H2,(H3,12,13,14)/q-1/t3?,4-,5?,6?,7+,9?,10?,11?/m1/s1. The summed E-state index contributed by atoms with van der Waals surface area (Å²) in [6.45, 7) is -0.736. The Morgan fingerprint density at radius 1 is 1.38 bits per heavy atom. The normalized spacial score (nSPS) is 61.2. The first-order valence-corrected chi connectivity index (χ1v) is 6.63. The molecule has 5 aliphatic rings. The summed E-state index contributed by atoms with van der Waals surface area (Å²) in [7, 11) is 0. The van der Waals surface area contributed by atoms with E-state index < -0.39 is 54.1 Å². The molecular formula is C11H16N3O7-. The lowest BCUT2D eigenvalue weighted by Crippen LogP contribution is -2.96. The van der Waals surface area contributed by atoms with E-state index in [4.69, 9.17) is 15.2 Å². The van der Waals surface area contributed by atoms with E-state index in [1.165, 1.54) is 0 Å². The van der Waals surface area contributed by atoms with Crippen LogP contribution < -0.4 is 16.2 Å². The van der Waals surface area contributed by atoms with Gasteiger partial charge >= 0.3 is 0 Å². The van der Waals surface area contributed by atoms with E-state index in [-0.39, 0.29) is 12.5 Å². The zero-order chi connectivity index (χ0) is 15.2. The van der Waals surface area contributed by atoms with Gasteiger partial charge in [-0.25, -0.2) is 0 Å². The van der Waals surface area contributed by atoms with E-state index >= 15 is 0 Å². The summed E-state index contributed by atoms with van der Waals surface area (Å²) in [6, 6.07) is 0. The van der Waals surface area contributed by atoms with E-state index in [9.17, 15) is 25.5 Å². The molecule has 1 saturated carbocycles. The number of nitrogens with two attached hydrogens (primary N) is 1. The molecule has 4 bridgehead atoms. The molecule has 5 rings (SSSR count). The fourth-order valence-electron chi connectivity index (χ4n) is 4.14. The third-order valence-electron chi connectivity index (χ3n) is 5.17. The van der Waals surface area contributed by atoms with Crippen molar-refractivity contribution >= 4 is 5.96 Å². The first kappa shape index (κ1) is 13.6. The number of aliphatic hydroxyl groups excluding tert-OH is 3. The maximum Gasteiger partial charge on any atom is 0.189 e. The Morgan fingerprint density at radius 3 is 2.71 bits per heavy atom. The Bertz CT molecular complexity index is 532. The second-order valence-electron chi connectivity index (χ2n) is 6.07. The predicted molar refractivity (Wildman–Crippen MR) is 62.4 cm³/mol. The monoisotopic (exact) mass is 302 g/mol. The maximum atomic E-state index is 12.5. The minimum absolute atomic E-state index is 0.0255. The first-order valence-electron chi connectivity index (χ1n) is 6.63. The van der Waals surface area contributed by atoms with E-state index in [0.29, 0.717) is 0 Å². The van der Waals surface area contributed by atoms with Crippen LogP contribution in [0.5, 0.6) is 0 Å². The summed E-state index contributed by atoms with van der Waals surface area (Å²) in [4.78, 5) is 3.97. The van der Waals surface area contributed by atoms with Crippen LogP contribution in [0.3, 0.4) is 0 Å². The molecule has 4 heterocycles. The molecule has 0 aromatic rings. The van der Waals surface area contributed by atoms with E-state index in [1.807, 2.05) is 0 Å². The van der Waals surface area contributed by atoms with Crippen LogP contribution >= 0.6 is 0 Å². The minimum Gasteiger partial charge on any atom is -0.805 e. The summed E-state index contributed by atoms with van der Waals surface area (Å²) in [5.41, 5.74) is 2.14. The topological polar surface area (TPSA) is 173 Å². The van der Waals surface area contributed by atoms with Crippen LogP contribution in [0.2, 0.25) is 0 Å². The molecule has 7 N–H and O–H groups in total. The van der Waals surface area contributed by atoms with Crippen LogP contribution in [0.1, 0.15) is 0 Å². The number of aliphatic imine (C=N–C) groups is 1. The Hall–Kier alpha value is -1.01. The fourth-order valence-corrected chi connectivity index (χ4v) is 4.14. The molecule has 0 amide bonds. The first-order chi connectivity index (χ1) is 9.79. The van der Waals surface area contributed by atoms with Gasteiger partial charge in [-0.05, 0) is 0 Å². The van der Waals surface area contributed by atoms with Crippen molar-refractivity contribution in [1.29, 1.82) is 0 Å². The SMILES string of the molecule is NC1=NCC2C3OC4([O-])OC([C@@H](O)C2(N1)[C@@H]4O)C3(O)CO. The van der Waals surface area contributed by atoms with E-state index in [2.05, 4.69) is 10.3 Å². The Kier molecular flexibility index (Phi) is 2.38. The van der Waals surface area contributed by atoms with Crippen molar-refractivity contribution in [1.82, 2.24) is 5.32 Å². The predicted octanol–water partition coefficient (Wildman–Crippen LogP) is -5.47. The average Bonchev–Trinajstić information content (AvgIpc) is 2.45. The molecule has 1 aliphatic carbocycles. The zero-order valence-electron chi connectivity index (χ0n) is 10.8. The van der Waals surface area contributed by atoms with Gasteiger partial charge < -0.3 is 46.1 Å². The number of nitrogens with zero attached hydrogens (tertiary/aromatic N) is 1. The Morgan fingerprint density at radius 2 is 2.05 bits per heavy atom. The second-order valence-corrected chi connectivity index (χ2v) is 6.07. The minimum atomic E-state index is -2.64. The molecular weight excluding hydrogens is 286 g/mol. The molecule has 3 saturated heterocycles. The number of aliphatic hydroxyl groups is 4.